The fraction of sp³-hybridized carbons (Fsp3) is 0.373. The number of rotatable bonds is 17. The van der Waals surface area contributed by atoms with E-state index >= 15 is 0 Å². The number of fused-ring (bicyclic) bond motifs is 2. The zero-order valence-electron chi connectivity index (χ0n) is 35.7. The molecule has 2 atom stereocenters. The maximum Gasteiger partial charge on any atom is 0.258 e. The Hall–Kier alpha value is -5.14. The zero-order valence-corrected chi connectivity index (χ0v) is 36.7. The number of hydrogen-bond acceptors (Lipinski definition) is 6. The highest BCUT2D eigenvalue weighted by atomic mass is 28.4. The van der Waals surface area contributed by atoms with Gasteiger partial charge in [-0.15, -0.1) is 0 Å². The lowest BCUT2D eigenvalue weighted by Gasteiger charge is -2.42. The summed E-state index contributed by atoms with van der Waals surface area (Å²) in [5.74, 6) is 1.45. The molecule has 2 unspecified atom stereocenters. The van der Waals surface area contributed by atoms with Crippen LogP contribution in [0.4, 0.5) is 0 Å². The number of phenolic OH excluding ortho intramolecular Hbond substituents is 1. The topological polar surface area (TPSA) is 89.4 Å². The Kier molecular flexibility index (Phi) is 15.6. The van der Waals surface area contributed by atoms with Crippen LogP contribution in [0, 0.1) is 0 Å². The second-order valence-electron chi connectivity index (χ2n) is 16.7. The molecule has 6 rings (SSSR count). The molecule has 0 aliphatic heterocycles. The average Bonchev–Trinajstić information content (AvgIpc) is 3.21. The van der Waals surface area contributed by atoms with Crippen LogP contribution in [-0.4, -0.2) is 35.0 Å². The maximum atomic E-state index is 13.4. The first-order chi connectivity index (χ1) is 27.9. The highest BCUT2D eigenvalue weighted by Crippen LogP contribution is 2.43. The number of phenols is 1. The number of aromatic hydroxyl groups is 1. The predicted octanol–water partition coefficient (Wildman–Crippen LogP) is 13.1. The van der Waals surface area contributed by atoms with E-state index in [1.165, 1.54) is 0 Å². The van der Waals surface area contributed by atoms with Crippen molar-refractivity contribution >= 4 is 41.4 Å². The monoisotopic (exact) mass is 794 g/mol. The lowest BCUT2D eigenvalue weighted by atomic mass is 9.87. The minimum absolute atomic E-state index is 0.0884. The van der Waals surface area contributed by atoms with E-state index in [0.717, 1.165) is 75.2 Å². The standard InChI is InChI=1S/C30H41NO2Si.C21H21NO2/c1-8-9-29(30(32)19-24-10-11-27-20-31-17-16-26(27)18-24)25-12-14-28(15-13-25)33-34(21(2)3,22(4)5)23(6)7;1-2-3-20(16-6-8-19(23)9-7-16)21(24)13-15-4-5-18-14-22-11-10-17(18)12-15/h10-18,20-23,29H,8-9,19H2,1-7H3;4-12,14,20,23H,2-3,13H2,1H3. The van der Waals surface area contributed by atoms with Gasteiger partial charge in [-0.1, -0.05) is 129 Å². The van der Waals surface area contributed by atoms with Crippen LogP contribution in [0.25, 0.3) is 21.5 Å². The van der Waals surface area contributed by atoms with E-state index in [0.29, 0.717) is 29.5 Å². The van der Waals surface area contributed by atoms with Gasteiger partial charge in [0.2, 0.25) is 0 Å². The number of aromatic nitrogens is 2. The number of carbonyl (C=O) groups is 2. The number of Topliss-reactive ketones (excluding diaryl/α,β-unsaturated/α-hetero) is 2. The Bertz CT molecular complexity index is 2230. The smallest absolute Gasteiger partial charge is 0.258 e. The maximum absolute atomic E-state index is 13.4. The molecule has 0 spiro atoms. The molecule has 0 saturated heterocycles. The molecule has 1 N–H and O–H groups in total. The molecule has 0 aliphatic carbocycles. The Labute approximate surface area is 347 Å². The van der Waals surface area contributed by atoms with Gasteiger partial charge in [0, 0.05) is 60.2 Å². The van der Waals surface area contributed by atoms with Gasteiger partial charge in [0.1, 0.15) is 23.1 Å². The van der Waals surface area contributed by atoms with Gasteiger partial charge in [0.25, 0.3) is 8.32 Å². The van der Waals surface area contributed by atoms with Crippen molar-refractivity contribution in [2.24, 2.45) is 0 Å². The lowest BCUT2D eigenvalue weighted by molar-refractivity contribution is -0.120. The molecule has 0 amide bonds. The fourth-order valence-corrected chi connectivity index (χ4v) is 14.0. The third-order valence-corrected chi connectivity index (χ3v) is 17.7. The molecule has 4 aromatic carbocycles. The van der Waals surface area contributed by atoms with Crippen LogP contribution in [-0.2, 0) is 22.4 Å². The summed E-state index contributed by atoms with van der Waals surface area (Å²) in [7, 11) is -1.99. The second-order valence-corrected chi connectivity index (χ2v) is 22.0. The zero-order chi connectivity index (χ0) is 41.8. The molecule has 0 saturated carbocycles. The highest BCUT2D eigenvalue weighted by Gasteiger charge is 2.47. The molecule has 0 fully saturated rings. The van der Waals surface area contributed by atoms with Crippen LogP contribution < -0.4 is 4.43 Å². The molecule has 304 valence electrons. The van der Waals surface area contributed by atoms with Gasteiger partial charge in [-0.3, -0.25) is 19.6 Å². The first-order valence-corrected chi connectivity index (χ1v) is 23.3. The number of pyridine rings is 2. The number of benzene rings is 4. The Morgan fingerprint density at radius 3 is 1.38 bits per heavy atom. The van der Waals surface area contributed by atoms with Gasteiger partial charge in [0.05, 0.1) is 0 Å². The second kappa shape index (κ2) is 20.5. The van der Waals surface area contributed by atoms with Crippen molar-refractivity contribution in [1.82, 2.24) is 9.97 Å². The van der Waals surface area contributed by atoms with Crippen molar-refractivity contribution in [2.75, 3.05) is 0 Å². The van der Waals surface area contributed by atoms with Gasteiger partial charge in [0.15, 0.2) is 0 Å². The average molecular weight is 795 g/mol. The number of carbonyl (C=O) groups excluding carboxylic acids is 2. The quantitative estimate of drug-likeness (QED) is 0.0925. The predicted molar refractivity (Wildman–Crippen MR) is 242 cm³/mol. The molecule has 0 bridgehead atoms. The summed E-state index contributed by atoms with van der Waals surface area (Å²) in [6.07, 6.45) is 11.7. The van der Waals surface area contributed by atoms with Crippen LogP contribution in [0.5, 0.6) is 11.5 Å². The Morgan fingerprint density at radius 1 is 0.569 bits per heavy atom. The molecule has 7 heteroatoms. The number of hydrogen-bond donors (Lipinski definition) is 1. The summed E-state index contributed by atoms with van der Waals surface area (Å²) < 4.78 is 6.83. The first kappa shape index (κ1) is 44.0. The van der Waals surface area contributed by atoms with Crippen molar-refractivity contribution < 1.29 is 19.1 Å². The SMILES string of the molecule is CCCC(C(=O)Cc1ccc2cnccc2c1)c1ccc(O)cc1.CCCC(C(=O)Cc1ccc2cnccc2c1)c1ccc(O[Si](C(C)C)(C(C)C)C(C)C)cc1. The summed E-state index contributed by atoms with van der Waals surface area (Å²) in [6, 6.07) is 31.6. The molecule has 0 aliphatic rings. The molecule has 6 aromatic rings. The molecule has 2 heterocycles. The molecular formula is C51H62N2O4Si. The van der Waals surface area contributed by atoms with Crippen LogP contribution in [0.3, 0.4) is 0 Å². The molecular weight excluding hydrogens is 733 g/mol. The summed E-state index contributed by atoms with van der Waals surface area (Å²) in [4.78, 5) is 34.5. The van der Waals surface area contributed by atoms with E-state index < -0.39 is 8.32 Å². The van der Waals surface area contributed by atoms with E-state index in [9.17, 15) is 14.7 Å². The summed E-state index contributed by atoms with van der Waals surface area (Å²) in [5.41, 5.74) is 5.74. The van der Waals surface area contributed by atoms with E-state index in [1.807, 2.05) is 48.8 Å². The highest BCUT2D eigenvalue weighted by molar-refractivity contribution is 6.78. The van der Waals surface area contributed by atoms with E-state index in [-0.39, 0.29) is 29.2 Å². The lowest BCUT2D eigenvalue weighted by Crippen LogP contribution is -2.50. The van der Waals surface area contributed by atoms with Crippen molar-refractivity contribution in [2.45, 2.75) is 122 Å². The summed E-state index contributed by atoms with van der Waals surface area (Å²) >= 11 is 0. The Balaban J connectivity index is 0.000000234. The molecule has 2 aromatic heterocycles. The minimum atomic E-state index is -1.99. The largest absolute Gasteiger partial charge is 0.543 e. The van der Waals surface area contributed by atoms with Crippen molar-refractivity contribution in [3.8, 4) is 11.5 Å². The van der Waals surface area contributed by atoms with Crippen LogP contribution in [0.2, 0.25) is 16.6 Å². The third kappa shape index (κ3) is 10.9. The van der Waals surface area contributed by atoms with Crippen LogP contribution in [0.15, 0.2) is 122 Å². The van der Waals surface area contributed by atoms with Gasteiger partial charge in [-0.25, -0.2) is 0 Å². The summed E-state index contributed by atoms with van der Waals surface area (Å²) in [6.45, 7) is 18.1. The van der Waals surface area contributed by atoms with Gasteiger partial charge >= 0.3 is 0 Å². The van der Waals surface area contributed by atoms with Crippen molar-refractivity contribution in [3.63, 3.8) is 0 Å². The van der Waals surface area contributed by atoms with E-state index in [1.54, 1.807) is 24.5 Å². The third-order valence-electron chi connectivity index (χ3n) is 11.7. The van der Waals surface area contributed by atoms with E-state index in [4.69, 9.17) is 4.43 Å². The van der Waals surface area contributed by atoms with Gasteiger partial charge in [-0.05, 0) is 98.9 Å². The normalized spacial score (nSPS) is 12.7. The van der Waals surface area contributed by atoms with Crippen molar-refractivity contribution in [3.05, 3.63) is 144 Å². The molecule has 58 heavy (non-hydrogen) atoms. The van der Waals surface area contributed by atoms with Gasteiger partial charge in [-0.2, -0.15) is 0 Å². The van der Waals surface area contributed by atoms with Crippen LogP contribution in [0.1, 0.15) is 115 Å². The fourth-order valence-electron chi connectivity index (χ4n) is 8.77. The van der Waals surface area contributed by atoms with Crippen molar-refractivity contribution in [1.29, 1.82) is 0 Å². The summed E-state index contributed by atoms with van der Waals surface area (Å²) in [5, 5.41) is 13.9. The Morgan fingerprint density at radius 2 is 0.983 bits per heavy atom. The molecule has 6 nitrogen and oxygen atoms in total. The number of nitrogens with zero attached hydrogens (tertiary/aromatic N) is 2. The first-order valence-electron chi connectivity index (χ1n) is 21.1. The minimum Gasteiger partial charge on any atom is -0.543 e. The van der Waals surface area contributed by atoms with Crippen LogP contribution >= 0.6 is 0 Å². The van der Waals surface area contributed by atoms with E-state index in [2.05, 4.69) is 114 Å². The van der Waals surface area contributed by atoms with Gasteiger partial charge < -0.3 is 9.53 Å². The molecule has 0 radical (unpaired) electrons. The number of ketones is 2.